The van der Waals surface area contributed by atoms with Crippen LogP contribution in [0.2, 0.25) is 0 Å². The van der Waals surface area contributed by atoms with Crippen molar-refractivity contribution < 1.29 is 69.6 Å². The lowest BCUT2D eigenvalue weighted by atomic mass is 10.0. The second-order valence-corrected chi connectivity index (χ2v) is 8.49. The number of rotatable bonds is 6. The SMILES string of the molecule is COC(=O)c1cc(C(=O)N2CCCC2)c(OC)c(C(F)(F)F)c1.COC(=O)c1cc(C(=O)O)c(OC)c(C(F)(F)F)c1. The van der Waals surface area contributed by atoms with Gasteiger partial charge in [0.2, 0.25) is 0 Å². The molecule has 2 aromatic carbocycles. The normalized spacial score (nSPS) is 13.0. The van der Waals surface area contributed by atoms with Gasteiger partial charge in [-0.25, -0.2) is 14.4 Å². The van der Waals surface area contributed by atoms with Crippen LogP contribution in [0.15, 0.2) is 24.3 Å². The van der Waals surface area contributed by atoms with Gasteiger partial charge in [-0.2, -0.15) is 26.3 Å². The fraction of sp³-hybridized carbons (Fsp3) is 0.385. The van der Waals surface area contributed by atoms with Gasteiger partial charge in [0, 0.05) is 13.1 Å². The number of nitrogens with zero attached hydrogens (tertiary/aromatic N) is 1. The molecule has 1 N–H and O–H groups in total. The molecule has 1 saturated heterocycles. The molecule has 1 heterocycles. The summed E-state index contributed by atoms with van der Waals surface area (Å²) in [6, 6.07) is 2.96. The Hall–Kier alpha value is -4.50. The van der Waals surface area contributed by atoms with E-state index in [2.05, 4.69) is 14.2 Å². The van der Waals surface area contributed by atoms with Crippen molar-refractivity contribution in [3.05, 3.63) is 57.6 Å². The molecule has 0 aliphatic carbocycles. The van der Waals surface area contributed by atoms with Gasteiger partial charge >= 0.3 is 30.3 Å². The van der Waals surface area contributed by atoms with Crippen LogP contribution in [-0.4, -0.2) is 75.4 Å². The number of hydrogen-bond acceptors (Lipinski definition) is 8. The van der Waals surface area contributed by atoms with Crippen molar-refractivity contribution in [3.8, 4) is 11.5 Å². The number of benzene rings is 2. The van der Waals surface area contributed by atoms with Crippen LogP contribution in [-0.2, 0) is 21.8 Å². The molecule has 2 aromatic rings. The summed E-state index contributed by atoms with van der Waals surface area (Å²) < 4.78 is 96.2. The number of ether oxygens (including phenoxy) is 4. The number of amides is 1. The largest absolute Gasteiger partial charge is 0.495 e. The molecule has 3 rings (SSSR count). The maximum absolute atomic E-state index is 13.2. The zero-order valence-corrected chi connectivity index (χ0v) is 22.6. The maximum Gasteiger partial charge on any atom is 0.420 e. The lowest BCUT2D eigenvalue weighted by molar-refractivity contribution is -0.139. The van der Waals surface area contributed by atoms with E-state index >= 15 is 0 Å². The zero-order valence-electron chi connectivity index (χ0n) is 22.6. The number of likely N-dealkylation sites (tertiary alicyclic amines) is 1. The van der Waals surface area contributed by atoms with Crippen molar-refractivity contribution in [2.45, 2.75) is 25.2 Å². The molecule has 0 saturated carbocycles. The van der Waals surface area contributed by atoms with Crippen LogP contribution in [0.1, 0.15) is 65.4 Å². The Labute approximate surface area is 234 Å². The molecule has 16 heteroatoms. The molecule has 1 amide bonds. The summed E-state index contributed by atoms with van der Waals surface area (Å²) in [6.07, 6.45) is -8.05. The number of hydrogen-bond donors (Lipinski definition) is 1. The number of methoxy groups -OCH3 is 4. The number of carboxylic acids is 1. The molecule has 0 radical (unpaired) electrons. The molecule has 230 valence electrons. The number of carbonyl (C=O) groups is 4. The third-order valence-electron chi connectivity index (χ3n) is 5.89. The number of esters is 2. The van der Waals surface area contributed by atoms with Crippen LogP contribution in [0.5, 0.6) is 11.5 Å². The summed E-state index contributed by atoms with van der Waals surface area (Å²) in [5.74, 6) is -5.69. The fourth-order valence-corrected chi connectivity index (χ4v) is 4.00. The Morgan fingerprint density at radius 1 is 0.690 bits per heavy atom. The van der Waals surface area contributed by atoms with E-state index in [0.29, 0.717) is 25.2 Å². The van der Waals surface area contributed by atoms with Crippen molar-refractivity contribution in [3.63, 3.8) is 0 Å². The maximum atomic E-state index is 13.2. The van der Waals surface area contributed by atoms with Crippen LogP contribution in [0.3, 0.4) is 0 Å². The van der Waals surface area contributed by atoms with Crippen LogP contribution < -0.4 is 9.47 Å². The van der Waals surface area contributed by atoms with E-state index in [1.54, 1.807) is 0 Å². The molecule has 0 aromatic heterocycles. The van der Waals surface area contributed by atoms with Crippen LogP contribution in [0, 0.1) is 0 Å². The van der Waals surface area contributed by atoms with Gasteiger partial charge < -0.3 is 29.0 Å². The van der Waals surface area contributed by atoms with Crippen molar-refractivity contribution in [2.75, 3.05) is 41.5 Å². The molecule has 1 aliphatic rings. The van der Waals surface area contributed by atoms with E-state index in [9.17, 15) is 45.5 Å². The molecule has 0 bridgehead atoms. The minimum absolute atomic E-state index is 0.287. The van der Waals surface area contributed by atoms with E-state index in [1.165, 1.54) is 4.90 Å². The monoisotopic (exact) mass is 609 g/mol. The summed E-state index contributed by atoms with van der Waals surface area (Å²) in [7, 11) is 4.00. The highest BCUT2D eigenvalue weighted by Crippen LogP contribution is 2.41. The predicted octanol–water partition coefficient (Wildman–Crippen LogP) is 4.94. The third-order valence-corrected chi connectivity index (χ3v) is 5.89. The molecule has 42 heavy (non-hydrogen) atoms. The Bertz CT molecular complexity index is 1350. The Kier molecular flexibility index (Phi) is 10.8. The lowest BCUT2D eigenvalue weighted by Crippen LogP contribution is -2.29. The van der Waals surface area contributed by atoms with E-state index in [-0.39, 0.29) is 11.1 Å². The number of halogens is 6. The molecule has 1 fully saturated rings. The summed E-state index contributed by atoms with van der Waals surface area (Å²) in [5.41, 5.74) is -4.45. The van der Waals surface area contributed by atoms with Gasteiger partial charge in [-0.3, -0.25) is 4.79 Å². The number of alkyl halides is 6. The predicted molar refractivity (Wildman–Crippen MR) is 131 cm³/mol. The summed E-state index contributed by atoms with van der Waals surface area (Å²) in [4.78, 5) is 47.7. The van der Waals surface area contributed by atoms with Crippen LogP contribution in [0.25, 0.3) is 0 Å². The van der Waals surface area contributed by atoms with Crippen molar-refractivity contribution in [1.82, 2.24) is 4.90 Å². The first-order valence-electron chi connectivity index (χ1n) is 11.8. The fourth-order valence-electron chi connectivity index (χ4n) is 4.00. The van der Waals surface area contributed by atoms with E-state index in [4.69, 9.17) is 9.84 Å². The molecule has 0 atom stereocenters. The minimum atomic E-state index is -4.86. The average molecular weight is 609 g/mol. The quantitative estimate of drug-likeness (QED) is 0.358. The number of carbonyl (C=O) groups excluding carboxylic acids is 3. The van der Waals surface area contributed by atoms with E-state index in [0.717, 1.165) is 53.4 Å². The minimum Gasteiger partial charge on any atom is -0.495 e. The standard InChI is InChI=1S/C15H16F3NO4.C11H9F3O5/c1-22-12-10(13(20)19-5-3-4-6-19)7-9(14(21)23-2)8-11(12)15(16,17)18;1-18-8-6(9(15)16)3-5(10(17)19-2)4-7(8)11(12,13)14/h7-8H,3-6H2,1-2H3;3-4H,1-2H3,(H,15,16). The Morgan fingerprint density at radius 3 is 1.40 bits per heavy atom. The van der Waals surface area contributed by atoms with Gasteiger partial charge in [0.15, 0.2) is 0 Å². The Morgan fingerprint density at radius 2 is 1.07 bits per heavy atom. The highest BCUT2D eigenvalue weighted by atomic mass is 19.4. The average Bonchev–Trinajstić information content (AvgIpc) is 3.48. The summed E-state index contributed by atoms with van der Waals surface area (Å²) in [5, 5.41) is 8.87. The summed E-state index contributed by atoms with van der Waals surface area (Å²) >= 11 is 0. The molecule has 10 nitrogen and oxygen atoms in total. The number of carboxylic acid groups (broad SMARTS) is 1. The van der Waals surface area contributed by atoms with Crippen molar-refractivity contribution in [1.29, 1.82) is 0 Å². The topological polar surface area (TPSA) is 129 Å². The van der Waals surface area contributed by atoms with Crippen molar-refractivity contribution in [2.24, 2.45) is 0 Å². The first-order valence-corrected chi connectivity index (χ1v) is 11.8. The third kappa shape index (κ3) is 7.61. The number of aromatic carboxylic acids is 1. The first kappa shape index (κ1) is 33.7. The van der Waals surface area contributed by atoms with Crippen molar-refractivity contribution >= 4 is 23.8 Å². The molecular weight excluding hydrogens is 584 g/mol. The molecule has 1 aliphatic heterocycles. The first-order chi connectivity index (χ1) is 19.5. The van der Waals surface area contributed by atoms with Gasteiger partial charge in [0.05, 0.1) is 56.3 Å². The second kappa shape index (κ2) is 13.4. The Balaban J connectivity index is 0.000000299. The van der Waals surface area contributed by atoms with Gasteiger partial charge in [0.25, 0.3) is 5.91 Å². The second-order valence-electron chi connectivity index (χ2n) is 8.49. The smallest absolute Gasteiger partial charge is 0.420 e. The van der Waals surface area contributed by atoms with Gasteiger partial charge in [-0.1, -0.05) is 0 Å². The lowest BCUT2D eigenvalue weighted by Gasteiger charge is -2.20. The molecule has 0 spiro atoms. The van der Waals surface area contributed by atoms with Crippen LogP contribution in [0.4, 0.5) is 26.3 Å². The van der Waals surface area contributed by atoms with Crippen LogP contribution >= 0.6 is 0 Å². The highest BCUT2D eigenvalue weighted by Gasteiger charge is 2.39. The van der Waals surface area contributed by atoms with E-state index < -0.39 is 69.9 Å². The molecule has 0 unspecified atom stereocenters. The van der Waals surface area contributed by atoms with E-state index in [1.807, 2.05) is 0 Å². The molecular formula is C26H25F6NO9. The zero-order chi connectivity index (χ0) is 32.0. The van der Waals surface area contributed by atoms with Gasteiger partial charge in [-0.05, 0) is 37.1 Å². The van der Waals surface area contributed by atoms with Gasteiger partial charge in [0.1, 0.15) is 17.1 Å². The highest BCUT2D eigenvalue weighted by molar-refractivity contribution is 6.01. The van der Waals surface area contributed by atoms with Gasteiger partial charge in [-0.15, -0.1) is 0 Å². The summed E-state index contributed by atoms with van der Waals surface area (Å²) in [6.45, 7) is 0.928.